The molecule has 8 nitrogen and oxygen atoms in total. The number of carbonyl (C=O) groups excluding carboxylic acids is 1. The highest BCUT2D eigenvalue weighted by Crippen LogP contribution is 2.20. The summed E-state index contributed by atoms with van der Waals surface area (Å²) in [6.07, 6.45) is 0.563. The summed E-state index contributed by atoms with van der Waals surface area (Å²) in [5.41, 5.74) is 1.05. The van der Waals surface area contributed by atoms with Crippen LogP contribution >= 0.6 is 27.3 Å². The molecule has 1 aromatic heterocycles. The number of nitrogens with one attached hydrogen (secondary N) is 2. The van der Waals surface area contributed by atoms with E-state index in [1.807, 2.05) is 24.3 Å². The van der Waals surface area contributed by atoms with Gasteiger partial charge in [0.2, 0.25) is 21.1 Å². The summed E-state index contributed by atoms with van der Waals surface area (Å²) in [7, 11) is -2.05. The Hall–Kier alpha value is -2.34. The maximum absolute atomic E-state index is 12.2. The molecule has 0 aliphatic heterocycles. The van der Waals surface area contributed by atoms with Crippen LogP contribution in [0, 0.1) is 0 Å². The van der Waals surface area contributed by atoms with Gasteiger partial charge in [0.1, 0.15) is 10.8 Å². The van der Waals surface area contributed by atoms with Gasteiger partial charge in [-0.05, 0) is 42.0 Å². The number of amides is 1. The van der Waals surface area contributed by atoms with E-state index < -0.39 is 10.0 Å². The van der Waals surface area contributed by atoms with Gasteiger partial charge in [0.05, 0.1) is 12.0 Å². The van der Waals surface area contributed by atoms with Gasteiger partial charge >= 0.3 is 0 Å². The Labute approximate surface area is 186 Å². The number of rotatable bonds is 9. The SMILES string of the molecule is COc1ccc(Cc2nnc(NC(=O)CCNS(=O)(=O)c3ccc(Br)cc3)s2)cc1. The van der Waals surface area contributed by atoms with Gasteiger partial charge in [-0.3, -0.25) is 4.79 Å². The van der Waals surface area contributed by atoms with Crippen molar-refractivity contribution >= 4 is 48.3 Å². The van der Waals surface area contributed by atoms with E-state index in [1.165, 1.54) is 23.5 Å². The minimum atomic E-state index is -3.67. The van der Waals surface area contributed by atoms with Crippen LogP contribution in [0.1, 0.15) is 17.0 Å². The third kappa shape index (κ3) is 6.33. The second-order valence-electron chi connectivity index (χ2n) is 6.18. The standard InChI is InChI=1S/C19H19BrN4O4S2/c1-28-15-6-2-13(3-7-15)12-18-23-24-19(29-18)22-17(25)10-11-21-30(26,27)16-8-4-14(20)5-9-16/h2-9,21H,10-12H2,1H3,(H,22,24,25). The summed E-state index contributed by atoms with van der Waals surface area (Å²) in [5.74, 6) is 0.431. The molecule has 30 heavy (non-hydrogen) atoms. The highest BCUT2D eigenvalue weighted by Gasteiger charge is 2.15. The van der Waals surface area contributed by atoms with Crippen LogP contribution in [0.4, 0.5) is 5.13 Å². The van der Waals surface area contributed by atoms with Crippen molar-refractivity contribution in [3.8, 4) is 5.75 Å². The normalized spacial score (nSPS) is 11.3. The first kappa shape index (κ1) is 22.3. The van der Waals surface area contributed by atoms with Crippen molar-refractivity contribution in [1.29, 1.82) is 0 Å². The first-order valence-corrected chi connectivity index (χ1v) is 12.0. The lowest BCUT2D eigenvalue weighted by Crippen LogP contribution is -2.27. The minimum Gasteiger partial charge on any atom is -0.497 e. The molecule has 3 aromatic rings. The van der Waals surface area contributed by atoms with E-state index in [1.54, 1.807) is 19.2 Å². The van der Waals surface area contributed by atoms with E-state index in [-0.39, 0.29) is 23.8 Å². The molecule has 11 heteroatoms. The summed E-state index contributed by atoms with van der Waals surface area (Å²) in [5, 5.41) is 11.8. The zero-order valence-electron chi connectivity index (χ0n) is 16.0. The molecule has 1 heterocycles. The number of nitrogens with zero attached hydrogens (tertiary/aromatic N) is 2. The molecule has 0 bridgehead atoms. The van der Waals surface area contributed by atoms with Gasteiger partial charge in [0.15, 0.2) is 0 Å². The monoisotopic (exact) mass is 510 g/mol. The number of ether oxygens (including phenoxy) is 1. The number of halogens is 1. The second kappa shape index (κ2) is 10.1. The highest BCUT2D eigenvalue weighted by molar-refractivity contribution is 9.10. The van der Waals surface area contributed by atoms with Crippen LogP contribution in [0.5, 0.6) is 5.75 Å². The quantitative estimate of drug-likeness (QED) is 0.457. The van der Waals surface area contributed by atoms with Gasteiger partial charge in [0, 0.05) is 23.9 Å². The molecule has 2 aromatic carbocycles. The summed E-state index contributed by atoms with van der Waals surface area (Å²) in [6, 6.07) is 13.9. The lowest BCUT2D eigenvalue weighted by molar-refractivity contribution is -0.116. The van der Waals surface area contributed by atoms with E-state index in [4.69, 9.17) is 4.74 Å². The van der Waals surface area contributed by atoms with Crippen molar-refractivity contribution < 1.29 is 17.9 Å². The second-order valence-corrected chi connectivity index (χ2v) is 9.92. The maximum atomic E-state index is 12.2. The predicted molar refractivity (Wildman–Crippen MR) is 118 cm³/mol. The molecular formula is C19H19BrN4O4S2. The van der Waals surface area contributed by atoms with Crippen molar-refractivity contribution in [2.75, 3.05) is 19.0 Å². The van der Waals surface area contributed by atoms with E-state index in [9.17, 15) is 13.2 Å². The number of aromatic nitrogens is 2. The third-order valence-electron chi connectivity index (χ3n) is 4.00. The van der Waals surface area contributed by atoms with E-state index in [0.29, 0.717) is 11.6 Å². The van der Waals surface area contributed by atoms with Crippen LogP contribution in [0.15, 0.2) is 57.9 Å². The summed E-state index contributed by atoms with van der Waals surface area (Å²) >= 11 is 4.53. The maximum Gasteiger partial charge on any atom is 0.240 e. The highest BCUT2D eigenvalue weighted by atomic mass is 79.9. The molecule has 158 valence electrons. The number of anilines is 1. The Morgan fingerprint density at radius 1 is 1.10 bits per heavy atom. The Morgan fingerprint density at radius 2 is 1.80 bits per heavy atom. The molecule has 0 fully saturated rings. The molecule has 0 spiro atoms. The Kier molecular flexibility index (Phi) is 7.53. The molecule has 2 N–H and O–H groups in total. The first-order chi connectivity index (χ1) is 14.4. The number of hydrogen-bond donors (Lipinski definition) is 2. The van der Waals surface area contributed by atoms with Crippen molar-refractivity contribution in [2.45, 2.75) is 17.7 Å². The van der Waals surface area contributed by atoms with Gasteiger partial charge in [0.25, 0.3) is 0 Å². The first-order valence-electron chi connectivity index (χ1n) is 8.86. The van der Waals surface area contributed by atoms with Gasteiger partial charge in [-0.1, -0.05) is 39.4 Å². The summed E-state index contributed by atoms with van der Waals surface area (Å²) in [6.45, 7) is -0.0261. The molecule has 0 saturated heterocycles. The summed E-state index contributed by atoms with van der Waals surface area (Å²) in [4.78, 5) is 12.2. The molecule has 0 radical (unpaired) electrons. The van der Waals surface area contributed by atoms with Crippen LogP contribution in [-0.2, 0) is 21.2 Å². The molecule has 0 atom stereocenters. The zero-order chi connectivity index (χ0) is 21.6. The number of benzene rings is 2. The Bertz CT molecular complexity index is 1100. The van der Waals surface area contributed by atoms with Crippen LogP contribution < -0.4 is 14.8 Å². The van der Waals surface area contributed by atoms with Crippen LogP contribution in [0.25, 0.3) is 0 Å². The third-order valence-corrected chi connectivity index (χ3v) is 6.84. The topological polar surface area (TPSA) is 110 Å². The molecule has 1 amide bonds. The smallest absolute Gasteiger partial charge is 0.240 e. The number of sulfonamides is 1. The van der Waals surface area contributed by atoms with Crippen LogP contribution in [0.3, 0.4) is 0 Å². The minimum absolute atomic E-state index is 0.0247. The average molecular weight is 511 g/mol. The van der Waals surface area contributed by atoms with Crippen LogP contribution in [0.2, 0.25) is 0 Å². The number of methoxy groups -OCH3 is 1. The lowest BCUT2D eigenvalue weighted by atomic mass is 10.1. The van der Waals surface area contributed by atoms with Crippen molar-refractivity contribution in [1.82, 2.24) is 14.9 Å². The van der Waals surface area contributed by atoms with E-state index in [0.717, 1.165) is 20.8 Å². The van der Waals surface area contributed by atoms with E-state index >= 15 is 0 Å². The molecule has 0 aliphatic rings. The lowest BCUT2D eigenvalue weighted by Gasteiger charge is -2.06. The molecule has 3 rings (SSSR count). The zero-order valence-corrected chi connectivity index (χ0v) is 19.2. The van der Waals surface area contributed by atoms with E-state index in [2.05, 4.69) is 36.2 Å². The largest absolute Gasteiger partial charge is 0.497 e. The summed E-state index contributed by atoms with van der Waals surface area (Å²) < 4.78 is 32.8. The molecule has 0 saturated carbocycles. The fraction of sp³-hybridized carbons (Fsp3) is 0.211. The van der Waals surface area contributed by atoms with Gasteiger partial charge in [-0.15, -0.1) is 10.2 Å². The van der Waals surface area contributed by atoms with Crippen molar-refractivity contribution in [2.24, 2.45) is 0 Å². The number of hydrogen-bond acceptors (Lipinski definition) is 7. The van der Waals surface area contributed by atoms with Crippen molar-refractivity contribution in [3.63, 3.8) is 0 Å². The average Bonchev–Trinajstić information content (AvgIpc) is 3.15. The fourth-order valence-electron chi connectivity index (χ4n) is 2.47. The van der Waals surface area contributed by atoms with Gasteiger partial charge in [-0.2, -0.15) is 0 Å². The molecule has 0 unspecified atom stereocenters. The molecular weight excluding hydrogens is 492 g/mol. The van der Waals surface area contributed by atoms with Crippen LogP contribution in [-0.4, -0.2) is 38.2 Å². The Morgan fingerprint density at radius 3 is 2.47 bits per heavy atom. The van der Waals surface area contributed by atoms with Gasteiger partial charge in [-0.25, -0.2) is 13.1 Å². The predicted octanol–water partition coefficient (Wildman–Crippen LogP) is 3.21. The van der Waals surface area contributed by atoms with Crippen molar-refractivity contribution in [3.05, 3.63) is 63.6 Å². The molecule has 0 aliphatic carbocycles. The number of carbonyl (C=O) groups is 1. The Balaban J connectivity index is 1.47. The van der Waals surface area contributed by atoms with Gasteiger partial charge < -0.3 is 10.1 Å². The fourth-order valence-corrected chi connectivity index (χ4v) is 4.56.